The molecule has 0 fully saturated rings. The van der Waals surface area contributed by atoms with Crippen molar-refractivity contribution in [2.24, 2.45) is 0 Å². The second-order valence-corrected chi connectivity index (χ2v) is 5.74. The highest BCUT2D eigenvalue weighted by Crippen LogP contribution is 2.29. The van der Waals surface area contributed by atoms with Gasteiger partial charge in [0.05, 0.1) is 29.4 Å². The van der Waals surface area contributed by atoms with Gasteiger partial charge >= 0.3 is 0 Å². The minimum Gasteiger partial charge on any atom is -0.439 e. The van der Waals surface area contributed by atoms with E-state index in [4.69, 9.17) is 9.68 Å². The van der Waals surface area contributed by atoms with E-state index in [1.54, 1.807) is 30.5 Å². The molecule has 0 saturated heterocycles. The van der Waals surface area contributed by atoms with Gasteiger partial charge in [0.1, 0.15) is 17.6 Å². The largest absolute Gasteiger partial charge is 0.439 e. The average molecular weight is 327 g/mol. The lowest BCUT2D eigenvalue weighted by atomic mass is 10.1. The van der Waals surface area contributed by atoms with Gasteiger partial charge in [-0.05, 0) is 30.3 Å². The van der Waals surface area contributed by atoms with Crippen LogP contribution in [-0.4, -0.2) is 16.5 Å². The topological polar surface area (TPSA) is 89.7 Å². The normalized spacial score (nSPS) is 13.0. The summed E-state index contributed by atoms with van der Waals surface area (Å²) in [6.07, 6.45) is 2.41. The summed E-state index contributed by atoms with van der Waals surface area (Å²) in [7, 11) is 0. The number of oxazole rings is 1. The molecule has 0 unspecified atom stereocenters. The molecule has 0 amide bonds. The zero-order chi connectivity index (χ0) is 17.2. The number of pyridine rings is 1. The molecule has 6 heteroatoms. The van der Waals surface area contributed by atoms with E-state index in [0.29, 0.717) is 29.4 Å². The Morgan fingerprint density at radius 2 is 2.04 bits per heavy atom. The van der Waals surface area contributed by atoms with Crippen LogP contribution in [0.25, 0.3) is 11.5 Å². The molecule has 6 nitrogen and oxygen atoms in total. The molecule has 1 aliphatic rings. The first-order valence-corrected chi connectivity index (χ1v) is 7.87. The van der Waals surface area contributed by atoms with Crippen molar-refractivity contribution in [2.45, 2.75) is 13.0 Å². The highest BCUT2D eigenvalue weighted by Gasteiger charge is 2.25. The van der Waals surface area contributed by atoms with Crippen LogP contribution in [0.3, 0.4) is 0 Å². The average Bonchev–Trinajstić information content (AvgIpc) is 3.11. The molecule has 120 valence electrons. The summed E-state index contributed by atoms with van der Waals surface area (Å²) in [5.41, 5.74) is 2.83. The predicted molar refractivity (Wildman–Crippen MR) is 90.4 cm³/mol. The number of fused-ring (bicyclic) bond motifs is 1. The minimum absolute atomic E-state index is 0.519. The standard InChI is InChI=1S/C19H13N5O/c20-10-13-3-1-4-14(9-13)19-23-16-6-8-24(12-17(16)25-19)18-15(11-21)5-2-7-22-18/h1-5,7,9H,6,8,12H2. The van der Waals surface area contributed by atoms with Crippen LogP contribution in [0.15, 0.2) is 47.0 Å². The molecule has 1 aliphatic heterocycles. The van der Waals surface area contributed by atoms with E-state index in [0.717, 1.165) is 30.0 Å². The van der Waals surface area contributed by atoms with Crippen molar-refractivity contribution in [2.75, 3.05) is 11.4 Å². The summed E-state index contributed by atoms with van der Waals surface area (Å²) in [5.74, 6) is 1.96. The third-order valence-electron chi connectivity index (χ3n) is 4.18. The van der Waals surface area contributed by atoms with Crippen LogP contribution in [0, 0.1) is 22.7 Å². The Bertz CT molecular complexity index is 1020. The number of nitrogens with zero attached hydrogens (tertiary/aromatic N) is 5. The molecule has 3 heterocycles. The van der Waals surface area contributed by atoms with E-state index in [-0.39, 0.29) is 0 Å². The maximum absolute atomic E-state index is 9.27. The van der Waals surface area contributed by atoms with E-state index in [2.05, 4.69) is 22.1 Å². The van der Waals surface area contributed by atoms with Crippen LogP contribution >= 0.6 is 0 Å². The van der Waals surface area contributed by atoms with Gasteiger partial charge in [0.15, 0.2) is 0 Å². The van der Waals surface area contributed by atoms with Crippen molar-refractivity contribution in [3.63, 3.8) is 0 Å². The summed E-state index contributed by atoms with van der Waals surface area (Å²) in [6, 6.07) is 15.0. The molecule has 0 atom stereocenters. The number of anilines is 1. The summed E-state index contributed by atoms with van der Waals surface area (Å²) >= 11 is 0. The molecule has 0 aliphatic carbocycles. The Morgan fingerprint density at radius 3 is 2.88 bits per heavy atom. The number of rotatable bonds is 2. The Balaban J connectivity index is 1.66. The monoisotopic (exact) mass is 327 g/mol. The van der Waals surface area contributed by atoms with E-state index in [1.807, 2.05) is 17.0 Å². The van der Waals surface area contributed by atoms with Crippen LogP contribution in [0.2, 0.25) is 0 Å². The van der Waals surface area contributed by atoms with E-state index in [1.165, 1.54) is 0 Å². The zero-order valence-corrected chi connectivity index (χ0v) is 13.3. The van der Waals surface area contributed by atoms with Crippen molar-refractivity contribution < 1.29 is 4.42 Å². The Labute approximate surface area is 144 Å². The lowest BCUT2D eigenvalue weighted by Crippen LogP contribution is -2.31. The van der Waals surface area contributed by atoms with E-state index < -0.39 is 0 Å². The number of hydrogen-bond donors (Lipinski definition) is 0. The molecule has 0 N–H and O–H groups in total. The number of aromatic nitrogens is 2. The van der Waals surface area contributed by atoms with E-state index in [9.17, 15) is 5.26 Å². The molecular formula is C19H13N5O. The quantitative estimate of drug-likeness (QED) is 0.718. The molecule has 25 heavy (non-hydrogen) atoms. The molecular weight excluding hydrogens is 314 g/mol. The summed E-state index contributed by atoms with van der Waals surface area (Å²) in [6.45, 7) is 1.24. The lowest BCUT2D eigenvalue weighted by molar-refractivity contribution is 0.494. The highest BCUT2D eigenvalue weighted by atomic mass is 16.4. The lowest BCUT2D eigenvalue weighted by Gasteiger charge is -2.26. The van der Waals surface area contributed by atoms with Crippen LogP contribution < -0.4 is 4.90 Å². The minimum atomic E-state index is 0.519. The third-order valence-corrected chi connectivity index (χ3v) is 4.18. The van der Waals surface area contributed by atoms with E-state index >= 15 is 0 Å². The van der Waals surface area contributed by atoms with Crippen LogP contribution in [-0.2, 0) is 13.0 Å². The molecule has 0 bridgehead atoms. The number of nitriles is 2. The number of benzene rings is 1. The Kier molecular flexibility index (Phi) is 3.64. The van der Waals surface area contributed by atoms with Crippen molar-refractivity contribution in [3.8, 4) is 23.6 Å². The Hall–Kier alpha value is -3.64. The second-order valence-electron chi connectivity index (χ2n) is 5.74. The first-order chi connectivity index (χ1) is 12.3. The van der Waals surface area contributed by atoms with Crippen LogP contribution in [0.1, 0.15) is 22.6 Å². The highest BCUT2D eigenvalue weighted by molar-refractivity contribution is 5.58. The van der Waals surface area contributed by atoms with Crippen molar-refractivity contribution >= 4 is 5.82 Å². The molecule has 3 aromatic rings. The SMILES string of the molecule is N#Cc1cccc(-c2nc3c(o2)CN(c2ncccc2C#N)CC3)c1. The van der Waals surface area contributed by atoms with Gasteiger partial charge in [-0.1, -0.05) is 6.07 Å². The molecule has 0 spiro atoms. The summed E-state index contributed by atoms with van der Waals surface area (Å²) < 4.78 is 5.94. The summed E-state index contributed by atoms with van der Waals surface area (Å²) in [4.78, 5) is 10.9. The van der Waals surface area contributed by atoms with Gasteiger partial charge in [0.25, 0.3) is 0 Å². The molecule has 2 aromatic heterocycles. The van der Waals surface area contributed by atoms with Gasteiger partial charge < -0.3 is 9.32 Å². The fraction of sp³-hybridized carbons (Fsp3) is 0.158. The molecule has 1 aromatic carbocycles. The van der Waals surface area contributed by atoms with Gasteiger partial charge in [-0.3, -0.25) is 0 Å². The zero-order valence-electron chi connectivity index (χ0n) is 13.3. The fourth-order valence-electron chi connectivity index (χ4n) is 2.96. The summed E-state index contributed by atoms with van der Waals surface area (Å²) in [5, 5.41) is 18.3. The van der Waals surface area contributed by atoms with Gasteiger partial charge in [0, 0.05) is 24.7 Å². The first-order valence-electron chi connectivity index (χ1n) is 7.87. The van der Waals surface area contributed by atoms with Gasteiger partial charge in [-0.25, -0.2) is 9.97 Å². The Morgan fingerprint density at radius 1 is 1.12 bits per heavy atom. The molecule has 4 rings (SSSR count). The smallest absolute Gasteiger partial charge is 0.226 e. The third kappa shape index (κ3) is 2.71. The van der Waals surface area contributed by atoms with Crippen LogP contribution in [0.4, 0.5) is 5.82 Å². The second kappa shape index (κ2) is 6.10. The predicted octanol–water partition coefficient (Wildman–Crippen LogP) is 3.04. The van der Waals surface area contributed by atoms with Crippen molar-refractivity contribution in [1.29, 1.82) is 10.5 Å². The van der Waals surface area contributed by atoms with Gasteiger partial charge in [-0.2, -0.15) is 10.5 Å². The fourth-order valence-corrected chi connectivity index (χ4v) is 2.96. The maximum Gasteiger partial charge on any atom is 0.226 e. The number of hydrogen-bond acceptors (Lipinski definition) is 6. The maximum atomic E-state index is 9.27. The van der Waals surface area contributed by atoms with Gasteiger partial charge in [0.2, 0.25) is 5.89 Å². The van der Waals surface area contributed by atoms with Gasteiger partial charge in [-0.15, -0.1) is 0 Å². The van der Waals surface area contributed by atoms with Crippen molar-refractivity contribution in [3.05, 3.63) is 65.2 Å². The molecule has 0 saturated carbocycles. The van der Waals surface area contributed by atoms with Crippen LogP contribution in [0.5, 0.6) is 0 Å². The van der Waals surface area contributed by atoms with Crippen molar-refractivity contribution in [1.82, 2.24) is 9.97 Å². The molecule has 0 radical (unpaired) electrons. The first kappa shape index (κ1) is 14.9.